The Morgan fingerprint density at radius 3 is 2.35 bits per heavy atom. The lowest BCUT2D eigenvalue weighted by atomic mass is 10.0. The van der Waals surface area contributed by atoms with Crippen molar-refractivity contribution >= 4 is 0 Å². The van der Waals surface area contributed by atoms with Crippen molar-refractivity contribution in [2.45, 2.75) is 47.1 Å². The van der Waals surface area contributed by atoms with Crippen molar-refractivity contribution < 1.29 is 0 Å². The van der Waals surface area contributed by atoms with Gasteiger partial charge in [0.1, 0.15) is 0 Å². The third-order valence-corrected chi connectivity index (χ3v) is 3.80. The highest BCUT2D eigenvalue weighted by atomic mass is 15.3. The van der Waals surface area contributed by atoms with Crippen LogP contribution in [0.4, 0.5) is 0 Å². The first-order chi connectivity index (χ1) is 9.54. The SMILES string of the molecule is CCNCc1c(C)nn(-c2ccc(C(C)C)cc2)c1C. The molecule has 0 bridgehead atoms. The predicted octanol–water partition coefficient (Wildman–Crippen LogP) is 3.72. The molecule has 0 spiro atoms. The topological polar surface area (TPSA) is 29.9 Å². The van der Waals surface area contributed by atoms with Crippen molar-refractivity contribution in [2.75, 3.05) is 6.54 Å². The van der Waals surface area contributed by atoms with Crippen molar-refractivity contribution in [2.24, 2.45) is 0 Å². The van der Waals surface area contributed by atoms with E-state index in [0.29, 0.717) is 5.92 Å². The zero-order chi connectivity index (χ0) is 14.7. The van der Waals surface area contributed by atoms with E-state index in [4.69, 9.17) is 0 Å². The van der Waals surface area contributed by atoms with Crippen LogP contribution in [0.25, 0.3) is 5.69 Å². The van der Waals surface area contributed by atoms with E-state index in [0.717, 1.165) is 24.5 Å². The molecule has 0 saturated heterocycles. The molecule has 0 unspecified atom stereocenters. The standard InChI is InChI=1S/C17H25N3/c1-6-18-11-17-13(4)19-20(14(17)5)16-9-7-15(8-10-16)12(2)3/h7-10,12,18H,6,11H2,1-5H3. The molecule has 1 aromatic heterocycles. The number of rotatable bonds is 5. The molecule has 0 radical (unpaired) electrons. The van der Waals surface area contributed by atoms with E-state index >= 15 is 0 Å². The molecule has 1 heterocycles. The number of aromatic nitrogens is 2. The average Bonchev–Trinajstić information content (AvgIpc) is 2.72. The average molecular weight is 271 g/mol. The Morgan fingerprint density at radius 1 is 1.15 bits per heavy atom. The zero-order valence-electron chi connectivity index (χ0n) is 13.2. The summed E-state index contributed by atoms with van der Waals surface area (Å²) >= 11 is 0. The minimum Gasteiger partial charge on any atom is -0.313 e. The molecule has 0 saturated carbocycles. The fourth-order valence-corrected chi connectivity index (χ4v) is 2.43. The van der Waals surface area contributed by atoms with Gasteiger partial charge in [0.2, 0.25) is 0 Å². The summed E-state index contributed by atoms with van der Waals surface area (Å²) in [5.74, 6) is 0.564. The second-order valence-corrected chi connectivity index (χ2v) is 5.59. The number of benzene rings is 1. The minimum atomic E-state index is 0.564. The normalized spacial score (nSPS) is 11.3. The molecule has 0 aliphatic rings. The van der Waals surface area contributed by atoms with Crippen LogP contribution in [0.2, 0.25) is 0 Å². The molecule has 1 N–H and O–H groups in total. The van der Waals surface area contributed by atoms with Gasteiger partial charge in [-0.2, -0.15) is 5.10 Å². The largest absolute Gasteiger partial charge is 0.313 e. The molecule has 0 atom stereocenters. The van der Waals surface area contributed by atoms with E-state index in [1.165, 1.54) is 16.8 Å². The molecule has 2 aromatic rings. The van der Waals surface area contributed by atoms with Crippen molar-refractivity contribution in [3.05, 3.63) is 46.8 Å². The van der Waals surface area contributed by atoms with Crippen LogP contribution in [-0.4, -0.2) is 16.3 Å². The van der Waals surface area contributed by atoms with Crippen molar-refractivity contribution in [1.29, 1.82) is 0 Å². The Kier molecular flexibility index (Phi) is 4.61. The molecule has 3 nitrogen and oxygen atoms in total. The smallest absolute Gasteiger partial charge is 0.0649 e. The maximum absolute atomic E-state index is 4.68. The van der Waals surface area contributed by atoms with Gasteiger partial charge in [0.15, 0.2) is 0 Å². The van der Waals surface area contributed by atoms with Crippen LogP contribution in [-0.2, 0) is 6.54 Å². The van der Waals surface area contributed by atoms with Gasteiger partial charge in [-0.15, -0.1) is 0 Å². The first-order valence-corrected chi connectivity index (χ1v) is 7.40. The Bertz CT molecular complexity index is 565. The maximum atomic E-state index is 4.68. The van der Waals surface area contributed by atoms with Crippen LogP contribution in [0.15, 0.2) is 24.3 Å². The highest BCUT2D eigenvalue weighted by molar-refractivity contribution is 5.39. The van der Waals surface area contributed by atoms with Gasteiger partial charge in [-0.3, -0.25) is 0 Å². The van der Waals surface area contributed by atoms with E-state index in [9.17, 15) is 0 Å². The quantitative estimate of drug-likeness (QED) is 0.898. The number of nitrogens with zero attached hydrogens (tertiary/aromatic N) is 2. The van der Waals surface area contributed by atoms with Crippen molar-refractivity contribution in [1.82, 2.24) is 15.1 Å². The monoisotopic (exact) mass is 271 g/mol. The molecule has 108 valence electrons. The van der Waals surface area contributed by atoms with E-state index < -0.39 is 0 Å². The summed E-state index contributed by atoms with van der Waals surface area (Å²) in [5, 5.41) is 8.07. The second kappa shape index (κ2) is 6.23. The maximum Gasteiger partial charge on any atom is 0.0649 e. The summed E-state index contributed by atoms with van der Waals surface area (Å²) in [6, 6.07) is 8.71. The summed E-state index contributed by atoms with van der Waals surface area (Å²) < 4.78 is 2.05. The lowest BCUT2D eigenvalue weighted by molar-refractivity contribution is 0.719. The molecule has 2 rings (SSSR count). The van der Waals surface area contributed by atoms with E-state index in [1.54, 1.807) is 0 Å². The number of nitrogens with one attached hydrogen (secondary N) is 1. The van der Waals surface area contributed by atoms with Crippen LogP contribution >= 0.6 is 0 Å². The Balaban J connectivity index is 2.33. The Labute approximate surface area is 122 Å². The Morgan fingerprint density at radius 2 is 1.80 bits per heavy atom. The zero-order valence-corrected chi connectivity index (χ0v) is 13.2. The number of hydrogen-bond donors (Lipinski definition) is 1. The molecule has 3 heteroatoms. The summed E-state index contributed by atoms with van der Waals surface area (Å²) in [6.45, 7) is 12.6. The van der Waals surface area contributed by atoms with Crippen LogP contribution in [0.3, 0.4) is 0 Å². The highest BCUT2D eigenvalue weighted by Gasteiger charge is 2.12. The van der Waals surface area contributed by atoms with Gasteiger partial charge in [-0.25, -0.2) is 4.68 Å². The Hall–Kier alpha value is -1.61. The molecule has 1 aromatic carbocycles. The lowest BCUT2D eigenvalue weighted by Crippen LogP contribution is -2.13. The van der Waals surface area contributed by atoms with Gasteiger partial charge in [-0.05, 0) is 44.0 Å². The first-order valence-electron chi connectivity index (χ1n) is 7.40. The summed E-state index contributed by atoms with van der Waals surface area (Å²) in [7, 11) is 0. The van der Waals surface area contributed by atoms with Crippen LogP contribution < -0.4 is 5.32 Å². The number of hydrogen-bond acceptors (Lipinski definition) is 2. The van der Waals surface area contributed by atoms with Gasteiger partial charge in [0.25, 0.3) is 0 Å². The van der Waals surface area contributed by atoms with E-state index in [2.05, 4.69) is 69.3 Å². The predicted molar refractivity (Wildman–Crippen MR) is 84.5 cm³/mol. The molecule has 0 amide bonds. The number of aryl methyl sites for hydroxylation is 1. The minimum absolute atomic E-state index is 0.564. The molecular weight excluding hydrogens is 246 g/mol. The van der Waals surface area contributed by atoms with Crippen molar-refractivity contribution in [3.8, 4) is 5.69 Å². The molecule has 0 fully saturated rings. The molecule has 20 heavy (non-hydrogen) atoms. The summed E-state index contributed by atoms with van der Waals surface area (Å²) in [5.41, 5.74) is 6.14. The lowest BCUT2D eigenvalue weighted by Gasteiger charge is -2.09. The second-order valence-electron chi connectivity index (χ2n) is 5.59. The highest BCUT2D eigenvalue weighted by Crippen LogP contribution is 2.20. The van der Waals surface area contributed by atoms with E-state index in [-0.39, 0.29) is 0 Å². The van der Waals surface area contributed by atoms with Crippen LogP contribution in [0.5, 0.6) is 0 Å². The molecule has 0 aliphatic carbocycles. The van der Waals surface area contributed by atoms with Gasteiger partial charge in [-0.1, -0.05) is 32.9 Å². The summed E-state index contributed by atoms with van der Waals surface area (Å²) in [4.78, 5) is 0. The fourth-order valence-electron chi connectivity index (χ4n) is 2.43. The molecule has 0 aliphatic heterocycles. The molecular formula is C17H25N3. The third kappa shape index (κ3) is 2.93. The fraction of sp³-hybridized carbons (Fsp3) is 0.471. The van der Waals surface area contributed by atoms with E-state index in [1.807, 2.05) is 4.68 Å². The van der Waals surface area contributed by atoms with Gasteiger partial charge in [0, 0.05) is 17.8 Å². The summed E-state index contributed by atoms with van der Waals surface area (Å²) in [6.07, 6.45) is 0. The van der Waals surface area contributed by atoms with Crippen LogP contribution in [0, 0.1) is 13.8 Å². The first kappa shape index (κ1) is 14.8. The third-order valence-electron chi connectivity index (χ3n) is 3.80. The van der Waals surface area contributed by atoms with Gasteiger partial charge in [0.05, 0.1) is 11.4 Å². The van der Waals surface area contributed by atoms with Crippen molar-refractivity contribution in [3.63, 3.8) is 0 Å². The van der Waals surface area contributed by atoms with Gasteiger partial charge < -0.3 is 5.32 Å². The van der Waals surface area contributed by atoms with Crippen LogP contribution in [0.1, 0.15) is 49.2 Å². The van der Waals surface area contributed by atoms with Gasteiger partial charge >= 0.3 is 0 Å².